The molecule has 1 aromatic rings. The Hall–Kier alpha value is -1.04. The maximum atomic E-state index is 5.93. The molecule has 0 bridgehead atoms. The zero-order chi connectivity index (χ0) is 12.8. The summed E-state index contributed by atoms with van der Waals surface area (Å²) in [5.74, 6) is 0.772. The van der Waals surface area contributed by atoms with Crippen molar-refractivity contribution in [3.63, 3.8) is 0 Å². The van der Waals surface area contributed by atoms with Gasteiger partial charge in [-0.25, -0.2) is 9.97 Å². The lowest BCUT2D eigenvalue weighted by Gasteiger charge is -2.35. The summed E-state index contributed by atoms with van der Waals surface area (Å²) in [4.78, 5) is 8.93. The molecule has 0 radical (unpaired) electrons. The minimum absolute atomic E-state index is 0.367. The summed E-state index contributed by atoms with van der Waals surface area (Å²) in [7, 11) is 0. The maximum absolute atomic E-state index is 5.93. The normalized spacial score (nSPS) is 18.8. The van der Waals surface area contributed by atoms with Gasteiger partial charge in [0.25, 0.3) is 0 Å². The van der Waals surface area contributed by atoms with Crippen LogP contribution in [0, 0.1) is 0 Å². The van der Waals surface area contributed by atoms with Crippen molar-refractivity contribution in [3.05, 3.63) is 23.8 Å². The third-order valence-electron chi connectivity index (χ3n) is 3.27. The van der Waals surface area contributed by atoms with Crippen LogP contribution in [0.1, 0.15) is 31.2 Å². The van der Waals surface area contributed by atoms with Crippen LogP contribution in [0.5, 0.6) is 0 Å². The van der Waals surface area contributed by atoms with Gasteiger partial charge >= 0.3 is 0 Å². The van der Waals surface area contributed by atoms with Gasteiger partial charge in [-0.3, -0.25) is 0 Å². The molecule has 0 amide bonds. The Bertz CT molecular complexity index is 355. The lowest BCUT2D eigenvalue weighted by atomic mass is 9.93. The number of nitrogens with two attached hydrogens (primary N) is 1. The van der Waals surface area contributed by atoms with Crippen LogP contribution in [0.15, 0.2) is 12.4 Å². The molecule has 0 saturated carbocycles. The summed E-state index contributed by atoms with van der Waals surface area (Å²) in [5.41, 5.74) is 6.22. The number of hydrogen-bond acceptors (Lipinski definition) is 5. The largest absolute Gasteiger partial charge is 0.381 e. The topological polar surface area (TPSA) is 70.3 Å². The maximum Gasteiger partial charge on any atom is 0.160 e. The van der Waals surface area contributed by atoms with Gasteiger partial charge in [-0.15, -0.1) is 0 Å². The molecule has 2 heterocycles. The van der Waals surface area contributed by atoms with Gasteiger partial charge < -0.3 is 15.2 Å². The van der Waals surface area contributed by atoms with Gasteiger partial charge in [0.2, 0.25) is 0 Å². The Balaban J connectivity index is 2.19. The fourth-order valence-corrected chi connectivity index (χ4v) is 2.30. The van der Waals surface area contributed by atoms with E-state index in [0.717, 1.165) is 30.7 Å². The Kier molecular flexibility index (Phi) is 4.63. The van der Waals surface area contributed by atoms with Crippen molar-refractivity contribution in [1.29, 1.82) is 0 Å². The van der Waals surface area contributed by atoms with Gasteiger partial charge in [0.05, 0.1) is 0 Å². The highest BCUT2D eigenvalue weighted by Crippen LogP contribution is 2.33. The quantitative estimate of drug-likeness (QED) is 0.846. The smallest absolute Gasteiger partial charge is 0.160 e. The Morgan fingerprint density at radius 2 is 2.00 bits per heavy atom. The molecule has 0 atom stereocenters. The molecule has 0 unspecified atom stereocenters. The molecular weight excluding hydrogens is 230 g/mol. The van der Waals surface area contributed by atoms with Gasteiger partial charge in [0, 0.05) is 45.1 Å². The molecule has 1 aromatic heterocycles. The van der Waals surface area contributed by atoms with Crippen LogP contribution in [-0.2, 0) is 21.5 Å². The summed E-state index contributed by atoms with van der Waals surface area (Å²) in [5, 5.41) is 0. The summed E-state index contributed by atoms with van der Waals surface area (Å²) in [6, 6.07) is 0. The van der Waals surface area contributed by atoms with E-state index in [1.807, 2.05) is 19.3 Å². The first kappa shape index (κ1) is 13.4. The Morgan fingerprint density at radius 3 is 2.56 bits per heavy atom. The number of ether oxygens (including phenoxy) is 2. The monoisotopic (exact) mass is 251 g/mol. The van der Waals surface area contributed by atoms with Crippen molar-refractivity contribution < 1.29 is 9.47 Å². The summed E-state index contributed by atoms with van der Waals surface area (Å²) in [6.45, 7) is 4.68. The van der Waals surface area contributed by atoms with Crippen LogP contribution in [0.3, 0.4) is 0 Å². The highest BCUT2D eigenvalue weighted by molar-refractivity contribution is 5.11. The van der Waals surface area contributed by atoms with Crippen LogP contribution in [0.2, 0.25) is 0 Å². The SMILES string of the molecule is CCOC1(c2ncc(CCN)cn2)CCOCC1. The van der Waals surface area contributed by atoms with Crippen molar-refractivity contribution >= 4 is 0 Å². The van der Waals surface area contributed by atoms with Gasteiger partial charge in [-0.2, -0.15) is 0 Å². The second-order valence-corrected chi connectivity index (χ2v) is 4.49. The van der Waals surface area contributed by atoms with Gasteiger partial charge in [-0.05, 0) is 25.5 Å². The van der Waals surface area contributed by atoms with Gasteiger partial charge in [0.1, 0.15) is 5.60 Å². The van der Waals surface area contributed by atoms with E-state index in [1.54, 1.807) is 0 Å². The average Bonchev–Trinajstić information content (AvgIpc) is 2.41. The molecule has 1 saturated heterocycles. The first-order valence-electron chi connectivity index (χ1n) is 6.54. The standard InChI is InChI=1S/C13H21N3O2/c1-2-18-13(4-7-17-8-5-13)12-15-9-11(3-6-14)10-16-12/h9-10H,2-8,14H2,1H3. The molecule has 0 aromatic carbocycles. The predicted octanol–water partition coefficient (Wildman–Crippen LogP) is 1.02. The molecule has 1 aliphatic heterocycles. The molecule has 5 heteroatoms. The molecule has 5 nitrogen and oxygen atoms in total. The highest BCUT2D eigenvalue weighted by Gasteiger charge is 2.37. The minimum Gasteiger partial charge on any atom is -0.381 e. The van der Waals surface area contributed by atoms with E-state index in [-0.39, 0.29) is 5.60 Å². The Morgan fingerprint density at radius 1 is 1.33 bits per heavy atom. The molecule has 2 rings (SSSR count). The van der Waals surface area contributed by atoms with Crippen molar-refractivity contribution in [2.24, 2.45) is 5.73 Å². The van der Waals surface area contributed by atoms with E-state index in [9.17, 15) is 0 Å². The van der Waals surface area contributed by atoms with Crippen LogP contribution in [-0.4, -0.2) is 36.3 Å². The van der Waals surface area contributed by atoms with Gasteiger partial charge in [-0.1, -0.05) is 0 Å². The Labute approximate surface area is 108 Å². The van der Waals surface area contributed by atoms with E-state index in [2.05, 4.69) is 9.97 Å². The molecule has 100 valence electrons. The first-order valence-corrected chi connectivity index (χ1v) is 6.54. The van der Waals surface area contributed by atoms with E-state index < -0.39 is 0 Å². The third-order valence-corrected chi connectivity index (χ3v) is 3.27. The molecule has 0 spiro atoms. The van der Waals surface area contributed by atoms with E-state index >= 15 is 0 Å². The van der Waals surface area contributed by atoms with Crippen molar-refractivity contribution in [2.75, 3.05) is 26.4 Å². The van der Waals surface area contributed by atoms with Crippen molar-refractivity contribution in [3.8, 4) is 0 Å². The van der Waals surface area contributed by atoms with E-state index in [4.69, 9.17) is 15.2 Å². The molecule has 1 aliphatic rings. The molecule has 2 N–H and O–H groups in total. The average molecular weight is 251 g/mol. The predicted molar refractivity (Wildman–Crippen MR) is 68.1 cm³/mol. The summed E-state index contributed by atoms with van der Waals surface area (Å²) >= 11 is 0. The number of aromatic nitrogens is 2. The lowest BCUT2D eigenvalue weighted by molar-refractivity contribution is -0.117. The van der Waals surface area contributed by atoms with E-state index in [1.165, 1.54) is 0 Å². The van der Waals surface area contributed by atoms with E-state index in [0.29, 0.717) is 26.4 Å². The molecule has 18 heavy (non-hydrogen) atoms. The highest BCUT2D eigenvalue weighted by atomic mass is 16.5. The van der Waals surface area contributed by atoms with Crippen LogP contribution >= 0.6 is 0 Å². The third kappa shape index (κ3) is 2.85. The number of hydrogen-bond donors (Lipinski definition) is 1. The number of nitrogens with zero attached hydrogens (tertiary/aromatic N) is 2. The fourth-order valence-electron chi connectivity index (χ4n) is 2.30. The summed E-state index contributed by atoms with van der Waals surface area (Å²) < 4.78 is 11.3. The van der Waals surface area contributed by atoms with Crippen LogP contribution in [0.25, 0.3) is 0 Å². The molecule has 1 fully saturated rings. The summed E-state index contributed by atoms with van der Waals surface area (Å²) in [6.07, 6.45) is 6.15. The minimum atomic E-state index is -0.367. The zero-order valence-electron chi connectivity index (χ0n) is 10.9. The lowest BCUT2D eigenvalue weighted by Crippen LogP contribution is -2.38. The second kappa shape index (κ2) is 6.22. The fraction of sp³-hybridized carbons (Fsp3) is 0.692. The van der Waals surface area contributed by atoms with Crippen molar-refractivity contribution in [1.82, 2.24) is 9.97 Å². The van der Waals surface area contributed by atoms with Crippen LogP contribution in [0.4, 0.5) is 0 Å². The zero-order valence-corrected chi connectivity index (χ0v) is 10.9. The van der Waals surface area contributed by atoms with Gasteiger partial charge in [0.15, 0.2) is 5.82 Å². The number of rotatable bonds is 5. The first-order chi connectivity index (χ1) is 8.80. The van der Waals surface area contributed by atoms with Crippen molar-refractivity contribution in [2.45, 2.75) is 31.8 Å². The second-order valence-electron chi connectivity index (χ2n) is 4.49. The molecule has 0 aliphatic carbocycles. The molecular formula is C13H21N3O2. The van der Waals surface area contributed by atoms with Crippen LogP contribution < -0.4 is 5.73 Å².